The second kappa shape index (κ2) is 9.84. The van der Waals surface area contributed by atoms with Crippen LogP contribution in [0.2, 0.25) is 0 Å². The van der Waals surface area contributed by atoms with Crippen molar-refractivity contribution in [2.45, 2.75) is 84.1 Å². The highest BCUT2D eigenvalue weighted by Crippen LogP contribution is 2.28. The van der Waals surface area contributed by atoms with Crippen LogP contribution in [0.1, 0.15) is 78.1 Å². The van der Waals surface area contributed by atoms with E-state index in [2.05, 4.69) is 24.1 Å². The van der Waals surface area contributed by atoms with E-state index >= 15 is 0 Å². The molecule has 21 heavy (non-hydrogen) atoms. The fourth-order valence-electron chi connectivity index (χ4n) is 4.32. The SMILES string of the molecule is CCCCC(CC)CN1CCCNC(C2CCCCC2)C1. The third-order valence-corrected chi connectivity index (χ3v) is 5.79. The van der Waals surface area contributed by atoms with Crippen LogP contribution in [0, 0.1) is 11.8 Å². The van der Waals surface area contributed by atoms with Gasteiger partial charge in [-0.2, -0.15) is 0 Å². The molecular weight excluding hydrogens is 256 g/mol. The summed E-state index contributed by atoms with van der Waals surface area (Å²) in [4.78, 5) is 2.79. The Bertz CT molecular complexity index is 260. The van der Waals surface area contributed by atoms with Gasteiger partial charge in [0.1, 0.15) is 0 Å². The highest BCUT2D eigenvalue weighted by molar-refractivity contribution is 4.85. The summed E-state index contributed by atoms with van der Waals surface area (Å²) in [7, 11) is 0. The van der Waals surface area contributed by atoms with E-state index in [9.17, 15) is 0 Å². The summed E-state index contributed by atoms with van der Waals surface area (Å²) in [5, 5.41) is 3.87. The topological polar surface area (TPSA) is 15.3 Å². The first kappa shape index (κ1) is 17.3. The third-order valence-electron chi connectivity index (χ3n) is 5.79. The zero-order valence-corrected chi connectivity index (χ0v) is 14.6. The predicted octanol–water partition coefficient (Wildman–Crippen LogP) is 4.45. The minimum absolute atomic E-state index is 0.775. The maximum absolute atomic E-state index is 3.87. The van der Waals surface area contributed by atoms with Crippen LogP contribution in [0.3, 0.4) is 0 Å². The molecule has 1 heterocycles. The summed E-state index contributed by atoms with van der Waals surface area (Å²) in [5.74, 6) is 1.88. The normalized spacial score (nSPS) is 27.4. The Morgan fingerprint density at radius 1 is 1.10 bits per heavy atom. The number of nitrogens with one attached hydrogen (secondary N) is 1. The van der Waals surface area contributed by atoms with Crippen LogP contribution in [0.25, 0.3) is 0 Å². The van der Waals surface area contributed by atoms with Crippen molar-refractivity contribution in [2.24, 2.45) is 11.8 Å². The Balaban J connectivity index is 1.83. The van der Waals surface area contributed by atoms with E-state index < -0.39 is 0 Å². The minimum atomic E-state index is 0.775. The standard InChI is InChI=1S/C19H38N2/c1-3-5-10-17(4-2)15-21-14-9-13-20-19(16-21)18-11-7-6-8-12-18/h17-20H,3-16H2,1-2H3. The molecule has 124 valence electrons. The lowest BCUT2D eigenvalue weighted by Gasteiger charge is -2.34. The van der Waals surface area contributed by atoms with Gasteiger partial charge in [-0.3, -0.25) is 0 Å². The van der Waals surface area contributed by atoms with E-state index in [4.69, 9.17) is 0 Å². The molecule has 0 radical (unpaired) electrons. The summed E-state index contributed by atoms with van der Waals surface area (Å²) >= 11 is 0. The molecule has 2 atom stereocenters. The maximum Gasteiger partial charge on any atom is 0.0223 e. The van der Waals surface area contributed by atoms with Crippen LogP contribution in [0.15, 0.2) is 0 Å². The summed E-state index contributed by atoms with van der Waals surface area (Å²) < 4.78 is 0. The van der Waals surface area contributed by atoms with Crippen molar-refractivity contribution in [2.75, 3.05) is 26.2 Å². The molecule has 0 aromatic carbocycles. The first-order chi connectivity index (χ1) is 10.3. The first-order valence-corrected chi connectivity index (χ1v) is 9.79. The van der Waals surface area contributed by atoms with Crippen LogP contribution in [0.5, 0.6) is 0 Å². The minimum Gasteiger partial charge on any atom is -0.312 e. The molecule has 2 heteroatoms. The van der Waals surface area contributed by atoms with Gasteiger partial charge < -0.3 is 10.2 Å². The number of unbranched alkanes of at least 4 members (excludes halogenated alkanes) is 1. The van der Waals surface area contributed by atoms with Gasteiger partial charge in [-0.1, -0.05) is 52.4 Å². The van der Waals surface area contributed by atoms with Crippen molar-refractivity contribution < 1.29 is 0 Å². The van der Waals surface area contributed by atoms with Gasteiger partial charge in [-0.15, -0.1) is 0 Å². The molecule has 0 spiro atoms. The molecule has 0 bridgehead atoms. The molecule has 0 aromatic rings. The number of rotatable bonds is 7. The van der Waals surface area contributed by atoms with Gasteiger partial charge in [-0.25, -0.2) is 0 Å². The van der Waals surface area contributed by atoms with Crippen LogP contribution >= 0.6 is 0 Å². The van der Waals surface area contributed by atoms with Gasteiger partial charge >= 0.3 is 0 Å². The van der Waals surface area contributed by atoms with E-state index in [1.165, 1.54) is 90.4 Å². The summed E-state index contributed by atoms with van der Waals surface area (Å²) in [6.07, 6.45) is 14.3. The molecule has 2 unspecified atom stereocenters. The van der Waals surface area contributed by atoms with Gasteiger partial charge in [0.2, 0.25) is 0 Å². The molecule has 2 nitrogen and oxygen atoms in total. The molecule has 1 aliphatic heterocycles. The lowest BCUT2D eigenvalue weighted by atomic mass is 9.83. The van der Waals surface area contributed by atoms with Crippen LogP contribution < -0.4 is 5.32 Å². The summed E-state index contributed by atoms with van der Waals surface area (Å²) in [5.41, 5.74) is 0. The zero-order valence-electron chi connectivity index (χ0n) is 14.6. The predicted molar refractivity (Wildman–Crippen MR) is 92.7 cm³/mol. The van der Waals surface area contributed by atoms with Crippen LogP contribution in [-0.4, -0.2) is 37.1 Å². The fourth-order valence-corrected chi connectivity index (χ4v) is 4.32. The second-order valence-corrected chi connectivity index (χ2v) is 7.49. The highest BCUT2D eigenvalue weighted by Gasteiger charge is 2.27. The van der Waals surface area contributed by atoms with Gasteiger partial charge in [0.15, 0.2) is 0 Å². The molecule has 1 aliphatic carbocycles. The Hall–Kier alpha value is -0.0800. The van der Waals surface area contributed by atoms with Crippen molar-refractivity contribution in [1.29, 1.82) is 0 Å². The van der Waals surface area contributed by atoms with Crippen LogP contribution in [0.4, 0.5) is 0 Å². The number of hydrogen-bond donors (Lipinski definition) is 1. The molecule has 1 N–H and O–H groups in total. The molecule has 1 saturated carbocycles. The van der Waals surface area contributed by atoms with Crippen molar-refractivity contribution in [3.8, 4) is 0 Å². The van der Waals surface area contributed by atoms with Crippen molar-refractivity contribution >= 4 is 0 Å². The molecule has 1 saturated heterocycles. The average Bonchev–Trinajstić information content (AvgIpc) is 2.78. The van der Waals surface area contributed by atoms with Gasteiger partial charge in [0.25, 0.3) is 0 Å². The summed E-state index contributed by atoms with van der Waals surface area (Å²) in [6.45, 7) is 9.92. The van der Waals surface area contributed by atoms with E-state index in [1.54, 1.807) is 0 Å². The highest BCUT2D eigenvalue weighted by atomic mass is 15.2. The third kappa shape index (κ3) is 5.90. The second-order valence-electron chi connectivity index (χ2n) is 7.49. The number of nitrogens with zero attached hydrogens (tertiary/aromatic N) is 1. The Morgan fingerprint density at radius 3 is 2.62 bits per heavy atom. The first-order valence-electron chi connectivity index (χ1n) is 9.79. The lowest BCUT2D eigenvalue weighted by Crippen LogP contribution is -2.44. The molecular formula is C19H38N2. The lowest BCUT2D eigenvalue weighted by molar-refractivity contribution is 0.180. The van der Waals surface area contributed by atoms with E-state index in [0.29, 0.717) is 0 Å². The summed E-state index contributed by atoms with van der Waals surface area (Å²) in [6, 6.07) is 0.775. The number of hydrogen-bond acceptors (Lipinski definition) is 2. The van der Waals surface area contributed by atoms with E-state index in [0.717, 1.165) is 17.9 Å². The Labute approximate surface area is 133 Å². The van der Waals surface area contributed by atoms with E-state index in [-0.39, 0.29) is 0 Å². The van der Waals surface area contributed by atoms with Gasteiger partial charge in [0.05, 0.1) is 0 Å². The fraction of sp³-hybridized carbons (Fsp3) is 1.00. The van der Waals surface area contributed by atoms with Crippen molar-refractivity contribution in [3.05, 3.63) is 0 Å². The zero-order chi connectivity index (χ0) is 14.9. The molecule has 0 amide bonds. The van der Waals surface area contributed by atoms with E-state index in [1.807, 2.05) is 0 Å². The Morgan fingerprint density at radius 2 is 1.90 bits per heavy atom. The molecule has 0 aromatic heterocycles. The van der Waals surface area contributed by atoms with Crippen LogP contribution in [-0.2, 0) is 0 Å². The van der Waals surface area contributed by atoms with Gasteiger partial charge in [-0.05, 0) is 50.6 Å². The van der Waals surface area contributed by atoms with Crippen molar-refractivity contribution in [1.82, 2.24) is 10.2 Å². The maximum atomic E-state index is 3.87. The molecule has 2 aliphatic rings. The molecule has 2 fully saturated rings. The Kier molecular flexibility index (Phi) is 8.10. The molecule has 2 rings (SSSR count). The smallest absolute Gasteiger partial charge is 0.0223 e. The quantitative estimate of drug-likeness (QED) is 0.746. The monoisotopic (exact) mass is 294 g/mol. The largest absolute Gasteiger partial charge is 0.312 e. The van der Waals surface area contributed by atoms with Gasteiger partial charge in [0, 0.05) is 19.1 Å². The average molecular weight is 295 g/mol. The van der Waals surface area contributed by atoms with Crippen molar-refractivity contribution in [3.63, 3.8) is 0 Å².